The van der Waals surface area contributed by atoms with E-state index in [1.165, 1.54) is 4.31 Å². The Bertz CT molecular complexity index is 1280. The number of amides is 2. The van der Waals surface area contributed by atoms with Gasteiger partial charge in [0.2, 0.25) is 22.7 Å². The van der Waals surface area contributed by atoms with Crippen molar-refractivity contribution in [2.45, 2.75) is 30.6 Å². The Morgan fingerprint density at radius 2 is 1.59 bits per heavy atom. The highest BCUT2D eigenvalue weighted by Gasteiger charge is 2.35. The molecule has 0 atom stereocenters. The van der Waals surface area contributed by atoms with Gasteiger partial charge in [-0.3, -0.25) is 9.59 Å². The molecule has 4 aliphatic rings. The van der Waals surface area contributed by atoms with E-state index in [1.807, 2.05) is 4.90 Å². The highest BCUT2D eigenvalue weighted by atomic mass is 32.2. The third-order valence-electron chi connectivity index (χ3n) is 7.03. The first kappa shape index (κ1) is 21.4. The average Bonchev–Trinajstić information content (AvgIpc) is 3.34. The number of ether oxygens (including phenoxy) is 2. The molecule has 10 heteroatoms. The molecule has 0 unspecified atom stereocenters. The number of rotatable bonds is 3. The molecule has 6 rings (SSSR count). The highest BCUT2D eigenvalue weighted by molar-refractivity contribution is 7.89. The maximum Gasteiger partial charge on any atom is 0.254 e. The van der Waals surface area contributed by atoms with Gasteiger partial charge in [0.15, 0.2) is 11.5 Å². The molecule has 4 aliphatic heterocycles. The van der Waals surface area contributed by atoms with Gasteiger partial charge in [0.25, 0.3) is 5.91 Å². The van der Waals surface area contributed by atoms with Crippen molar-refractivity contribution in [2.75, 3.05) is 44.4 Å². The molecule has 1 fully saturated rings. The number of sulfonamides is 1. The highest BCUT2D eigenvalue weighted by Crippen LogP contribution is 2.38. The van der Waals surface area contributed by atoms with Crippen LogP contribution in [-0.4, -0.2) is 69.0 Å². The van der Waals surface area contributed by atoms with Gasteiger partial charge in [-0.25, -0.2) is 8.42 Å². The molecule has 0 radical (unpaired) electrons. The van der Waals surface area contributed by atoms with Gasteiger partial charge in [0.05, 0.1) is 10.6 Å². The maximum absolute atomic E-state index is 13.5. The third-order valence-corrected chi connectivity index (χ3v) is 8.91. The Balaban J connectivity index is 1.19. The fraction of sp³-hybridized carbons (Fsp3) is 0.417. The molecule has 34 heavy (non-hydrogen) atoms. The van der Waals surface area contributed by atoms with Crippen LogP contribution in [0.4, 0.5) is 5.69 Å². The van der Waals surface area contributed by atoms with Gasteiger partial charge in [-0.1, -0.05) is 0 Å². The van der Waals surface area contributed by atoms with Gasteiger partial charge in [-0.05, 0) is 60.7 Å². The molecule has 4 heterocycles. The van der Waals surface area contributed by atoms with E-state index in [0.29, 0.717) is 49.5 Å². The van der Waals surface area contributed by atoms with Gasteiger partial charge in [0, 0.05) is 44.7 Å². The second-order valence-electron chi connectivity index (χ2n) is 9.00. The summed E-state index contributed by atoms with van der Waals surface area (Å²) in [5, 5.41) is 0. The van der Waals surface area contributed by atoms with E-state index in [1.54, 1.807) is 35.2 Å². The number of aryl methyl sites for hydroxylation is 2. The lowest BCUT2D eigenvalue weighted by molar-refractivity contribution is -0.119. The molecule has 0 aliphatic carbocycles. The molecule has 2 aromatic rings. The van der Waals surface area contributed by atoms with Crippen LogP contribution in [0.3, 0.4) is 0 Å². The summed E-state index contributed by atoms with van der Waals surface area (Å²) in [5.41, 5.74) is 3.29. The summed E-state index contributed by atoms with van der Waals surface area (Å²) in [5.74, 6) is 1.12. The van der Waals surface area contributed by atoms with Gasteiger partial charge >= 0.3 is 0 Å². The normalized spacial score (nSPS) is 19.8. The minimum Gasteiger partial charge on any atom is -0.454 e. The zero-order valence-corrected chi connectivity index (χ0v) is 19.5. The molecule has 0 aromatic heterocycles. The average molecular weight is 484 g/mol. The van der Waals surface area contributed by atoms with Crippen LogP contribution < -0.4 is 14.4 Å². The Kier molecular flexibility index (Phi) is 5.03. The second kappa shape index (κ2) is 7.99. The van der Waals surface area contributed by atoms with Crippen molar-refractivity contribution in [1.82, 2.24) is 9.21 Å². The number of carbonyl (C=O) groups is 2. The summed E-state index contributed by atoms with van der Waals surface area (Å²) in [6, 6.07) is 8.56. The number of hydrogen-bond donors (Lipinski definition) is 0. The first-order chi connectivity index (χ1) is 16.4. The van der Waals surface area contributed by atoms with Crippen molar-refractivity contribution >= 4 is 27.5 Å². The fourth-order valence-electron chi connectivity index (χ4n) is 5.26. The number of hydrogen-bond acceptors (Lipinski definition) is 6. The lowest BCUT2D eigenvalue weighted by Gasteiger charge is -2.37. The lowest BCUT2D eigenvalue weighted by atomic mass is 9.92. The van der Waals surface area contributed by atoms with Crippen molar-refractivity contribution in [1.29, 1.82) is 0 Å². The van der Waals surface area contributed by atoms with E-state index in [-0.39, 0.29) is 36.6 Å². The first-order valence-electron chi connectivity index (χ1n) is 11.6. The molecule has 178 valence electrons. The number of fused-ring (bicyclic) bond motifs is 1. The van der Waals surface area contributed by atoms with Gasteiger partial charge in [0.1, 0.15) is 0 Å². The summed E-state index contributed by atoms with van der Waals surface area (Å²) in [6.07, 6.45) is 2.59. The van der Waals surface area contributed by atoms with Crippen molar-refractivity contribution in [3.8, 4) is 11.5 Å². The van der Waals surface area contributed by atoms with Crippen LogP contribution in [-0.2, 0) is 27.7 Å². The van der Waals surface area contributed by atoms with Crippen LogP contribution in [0.5, 0.6) is 11.5 Å². The molecule has 0 bridgehead atoms. The van der Waals surface area contributed by atoms with Crippen LogP contribution in [0.15, 0.2) is 35.2 Å². The molecule has 2 amide bonds. The minimum atomic E-state index is -3.70. The Hall–Kier alpha value is -3.11. The monoisotopic (exact) mass is 483 g/mol. The van der Waals surface area contributed by atoms with E-state index >= 15 is 0 Å². The Labute approximate surface area is 197 Å². The van der Waals surface area contributed by atoms with Crippen molar-refractivity contribution in [3.05, 3.63) is 47.0 Å². The van der Waals surface area contributed by atoms with E-state index in [4.69, 9.17) is 9.47 Å². The Morgan fingerprint density at radius 3 is 2.38 bits per heavy atom. The molecule has 1 saturated heterocycles. The minimum absolute atomic E-state index is 0.118. The molecular weight excluding hydrogens is 458 g/mol. The SMILES string of the molecule is O=C(c1ccc2c(c1)OCO2)N1CCN(S(=O)(=O)c2cc3c4c(c2)CCC(=O)N4CCC3)CC1. The molecule has 0 spiro atoms. The zero-order valence-electron chi connectivity index (χ0n) is 18.7. The topological polar surface area (TPSA) is 96.5 Å². The van der Waals surface area contributed by atoms with Gasteiger partial charge in [-0.2, -0.15) is 4.31 Å². The lowest BCUT2D eigenvalue weighted by Crippen LogP contribution is -2.50. The van der Waals surface area contributed by atoms with Gasteiger partial charge in [-0.15, -0.1) is 0 Å². The standard InChI is InChI=1S/C24H25N3O6S/c28-22-6-4-17-13-19(12-16-2-1-7-27(22)23(16)17)34(30,31)26-10-8-25(9-11-26)24(29)18-3-5-20-21(14-18)33-15-32-20/h3,5,12-14H,1-2,4,6-11,15H2. The fourth-order valence-corrected chi connectivity index (χ4v) is 6.79. The largest absolute Gasteiger partial charge is 0.454 e. The van der Waals surface area contributed by atoms with Crippen molar-refractivity contribution in [2.24, 2.45) is 0 Å². The second-order valence-corrected chi connectivity index (χ2v) is 10.9. The summed E-state index contributed by atoms with van der Waals surface area (Å²) in [7, 11) is -3.70. The van der Waals surface area contributed by atoms with E-state index in [0.717, 1.165) is 29.7 Å². The number of nitrogens with zero attached hydrogens (tertiary/aromatic N) is 3. The summed E-state index contributed by atoms with van der Waals surface area (Å²) in [4.78, 5) is 29.0. The van der Waals surface area contributed by atoms with Crippen LogP contribution in [0, 0.1) is 0 Å². The summed E-state index contributed by atoms with van der Waals surface area (Å²) in [6.45, 7) is 1.93. The predicted molar refractivity (Wildman–Crippen MR) is 123 cm³/mol. The summed E-state index contributed by atoms with van der Waals surface area (Å²) >= 11 is 0. The smallest absolute Gasteiger partial charge is 0.254 e. The number of anilines is 1. The first-order valence-corrected chi connectivity index (χ1v) is 13.0. The quantitative estimate of drug-likeness (QED) is 0.661. The van der Waals surface area contributed by atoms with E-state index in [9.17, 15) is 18.0 Å². The van der Waals surface area contributed by atoms with Gasteiger partial charge < -0.3 is 19.3 Å². The third kappa shape index (κ3) is 3.43. The Morgan fingerprint density at radius 1 is 0.853 bits per heavy atom. The molecule has 0 saturated carbocycles. The molecule has 2 aromatic carbocycles. The molecular formula is C24H25N3O6S. The van der Waals surface area contributed by atoms with E-state index in [2.05, 4.69) is 0 Å². The zero-order chi connectivity index (χ0) is 23.4. The predicted octanol–water partition coefficient (Wildman–Crippen LogP) is 1.79. The van der Waals surface area contributed by atoms with Crippen LogP contribution in [0.1, 0.15) is 34.3 Å². The number of benzene rings is 2. The van der Waals surface area contributed by atoms with Crippen LogP contribution >= 0.6 is 0 Å². The maximum atomic E-state index is 13.5. The summed E-state index contributed by atoms with van der Waals surface area (Å²) < 4.78 is 39.1. The number of carbonyl (C=O) groups excluding carboxylic acids is 2. The van der Waals surface area contributed by atoms with Crippen LogP contribution in [0.25, 0.3) is 0 Å². The van der Waals surface area contributed by atoms with Crippen molar-refractivity contribution < 1.29 is 27.5 Å². The van der Waals surface area contributed by atoms with Crippen LogP contribution in [0.2, 0.25) is 0 Å². The van der Waals surface area contributed by atoms with Crippen molar-refractivity contribution in [3.63, 3.8) is 0 Å². The molecule has 9 nitrogen and oxygen atoms in total. The number of piperazine rings is 1. The van der Waals surface area contributed by atoms with E-state index < -0.39 is 10.0 Å². The molecule has 0 N–H and O–H groups in total.